The summed E-state index contributed by atoms with van der Waals surface area (Å²) in [6.45, 7) is 13.0. The number of hydrogen-bond donors (Lipinski definition) is 0. The normalized spacial score (nSPS) is 10.5. The van der Waals surface area contributed by atoms with E-state index in [4.69, 9.17) is 63.5 Å². The fourth-order valence-electron chi connectivity index (χ4n) is 1.59. The van der Waals surface area contributed by atoms with E-state index in [0.717, 1.165) is 26.4 Å². The summed E-state index contributed by atoms with van der Waals surface area (Å²) in [6, 6.07) is 0. The summed E-state index contributed by atoms with van der Waals surface area (Å²) in [5.74, 6) is 0. The molecule has 248 valence electrons. The maximum Gasteiger partial charge on any atom is 1.00 e. The average molecular weight is 886 g/mol. The predicted molar refractivity (Wildman–Crippen MR) is 122 cm³/mol. The zero-order valence-corrected chi connectivity index (χ0v) is 48.1. The smallest absolute Gasteiger partial charge is 1.00 e. The van der Waals surface area contributed by atoms with Crippen LogP contribution >= 0.6 is 0 Å². The van der Waals surface area contributed by atoms with Crippen molar-refractivity contribution in [2.75, 3.05) is 40.5 Å². The Balaban J connectivity index is -0.0000000230. The third-order valence-corrected chi connectivity index (χ3v) is 2.93. The van der Waals surface area contributed by atoms with Crippen LogP contribution in [0.25, 0.3) is 0 Å². The van der Waals surface area contributed by atoms with E-state index in [9.17, 15) is 12.9 Å². The maximum absolute atomic E-state index is 9.67. The monoisotopic (exact) mass is 885 g/mol. The molecule has 20 nitrogen and oxygen atoms in total. The Hall–Kier alpha value is 6.56. The number of nitrogens with zero attached hydrogens (tertiary/aromatic N) is 5. The quantitative estimate of drug-likeness (QED) is 0.0362. The minimum atomic E-state index is -5.17. The van der Waals surface area contributed by atoms with Crippen LogP contribution in [0.4, 0.5) is 12.9 Å². The molecule has 0 saturated carbocycles. The first-order valence-corrected chi connectivity index (χ1v) is 11.7. The number of rotatable bonds is 5. The van der Waals surface area contributed by atoms with Crippen LogP contribution in [0.2, 0.25) is 0 Å². The van der Waals surface area contributed by atoms with E-state index < -0.39 is 29.3 Å². The SMILES string of the molecule is CCN1C=CN(C)C1.CCN1C=CN(C)C1.FB(F)F.O.O=CO[O-].O=CO[O-].O=S(=O)([O-])[O-].O=S([O-])O[O-].[C-]#N.[H-].[K+].[K+].[K+].[K+].[K+].[K+]. The molecular weight excluding hydrogens is 857 g/mol. The second-order valence-corrected chi connectivity index (χ2v) is 6.88. The summed E-state index contributed by atoms with van der Waals surface area (Å²) < 4.78 is 83.2. The van der Waals surface area contributed by atoms with Crippen molar-refractivity contribution in [3.8, 4) is 0 Å². The van der Waals surface area contributed by atoms with Crippen LogP contribution < -0.4 is 324 Å². The van der Waals surface area contributed by atoms with E-state index in [1.807, 2.05) is 0 Å². The van der Waals surface area contributed by atoms with E-state index in [2.05, 4.69) is 86.5 Å². The molecule has 0 saturated heterocycles. The molecule has 0 bridgehead atoms. The first-order chi connectivity index (χ1) is 18.5. The summed E-state index contributed by atoms with van der Waals surface area (Å²) in [6.07, 6.45) is 8.40. The molecule has 2 heterocycles. The van der Waals surface area contributed by atoms with Gasteiger partial charge in [-0.1, -0.05) is 0 Å². The van der Waals surface area contributed by atoms with Gasteiger partial charge in [0, 0.05) is 62.4 Å². The Labute approximate surface area is 532 Å². The molecule has 0 aromatic heterocycles. The zero-order valence-electron chi connectivity index (χ0n) is 28.8. The molecule has 0 aromatic rings. The van der Waals surface area contributed by atoms with Crippen molar-refractivity contribution in [3.63, 3.8) is 0 Å². The molecule has 2 rings (SSSR count). The zero-order chi connectivity index (χ0) is 33.2. The van der Waals surface area contributed by atoms with Crippen LogP contribution in [-0.4, -0.2) is 112 Å². The summed E-state index contributed by atoms with van der Waals surface area (Å²) in [7, 11) is -4.68. The molecule has 2 aliphatic rings. The van der Waals surface area contributed by atoms with Crippen molar-refractivity contribution in [1.82, 2.24) is 19.6 Å². The Kier molecular flexibility index (Phi) is 141. The van der Waals surface area contributed by atoms with Gasteiger partial charge in [-0.05, 0) is 13.8 Å². The third-order valence-electron chi connectivity index (χ3n) is 2.82. The average Bonchev–Trinajstić information content (AvgIpc) is 3.52. The van der Waals surface area contributed by atoms with Gasteiger partial charge >= 0.3 is 316 Å². The molecule has 1 atom stereocenters. The predicted octanol–water partition coefficient (Wildman–Crippen LogP) is -22.7. The molecule has 47 heavy (non-hydrogen) atoms. The van der Waals surface area contributed by atoms with E-state index >= 15 is 0 Å². The summed E-state index contributed by atoms with van der Waals surface area (Å²) in [5, 5.41) is 31.6. The minimum absolute atomic E-state index is 0. The van der Waals surface area contributed by atoms with Gasteiger partial charge < -0.3 is 81.9 Å². The molecule has 32 heteroatoms. The van der Waals surface area contributed by atoms with Gasteiger partial charge in [-0.3, -0.25) is 31.0 Å². The van der Waals surface area contributed by atoms with Crippen molar-refractivity contribution in [1.29, 1.82) is 5.26 Å². The maximum atomic E-state index is 9.67. The van der Waals surface area contributed by atoms with E-state index in [-0.39, 0.29) is 328 Å². The third kappa shape index (κ3) is 127. The molecule has 0 fully saturated rings. The second-order valence-electron chi connectivity index (χ2n) is 5.52. The van der Waals surface area contributed by atoms with Crippen molar-refractivity contribution >= 4 is 42.2 Å². The fourth-order valence-corrected chi connectivity index (χ4v) is 1.59. The van der Waals surface area contributed by atoms with Crippen molar-refractivity contribution in [2.45, 2.75) is 13.8 Å². The molecule has 1 unspecified atom stereocenters. The minimum Gasteiger partial charge on any atom is -1.00 e. The molecule has 0 radical (unpaired) electrons. The van der Waals surface area contributed by atoms with Crippen molar-refractivity contribution < 1.29 is 394 Å². The molecule has 0 amide bonds. The Morgan fingerprint density at radius 2 is 1.00 bits per heavy atom. The second kappa shape index (κ2) is 73.6. The van der Waals surface area contributed by atoms with Crippen LogP contribution in [0, 0.1) is 11.8 Å². The number of carbonyl (C=O) groups is 2. The van der Waals surface area contributed by atoms with Crippen LogP contribution in [-0.2, 0) is 45.5 Å². The molecule has 0 spiro atoms. The van der Waals surface area contributed by atoms with Gasteiger partial charge in [0.15, 0.2) is 0 Å². The van der Waals surface area contributed by atoms with Crippen LogP contribution in [0.3, 0.4) is 0 Å². The van der Waals surface area contributed by atoms with Crippen LogP contribution in [0.5, 0.6) is 0 Å². The van der Waals surface area contributed by atoms with Crippen molar-refractivity contribution in [3.05, 3.63) is 31.4 Å². The molecule has 2 N–H and O–H groups in total. The first kappa shape index (κ1) is 89.9. The van der Waals surface area contributed by atoms with Gasteiger partial charge in [0.1, 0.15) is 0 Å². The van der Waals surface area contributed by atoms with E-state index in [1.165, 1.54) is 0 Å². The van der Waals surface area contributed by atoms with Gasteiger partial charge in [-0.2, -0.15) is 0 Å². The number of carbonyl (C=O) groups excluding carboxylic acids is 2. The standard InChI is InChI=1S/2C6H12N2.CN.2CH2O3.BF3.6K.2H2O4S.H2O.H/c2*1-3-8-5-4-7(2)6-8;1-2;2*2-1-4-3;2-1(3)4;;;;;;;1-5(2,3)4;1-4-5(2)3;;/h2*4-5H,3,6H2,1-2H3;;2*1,3H;;;;;;;;(H2,1,2,3,4);1H,(H,2,3);1H2;/q;;-1;;;;6*+1;;;;-1/p-6. The van der Waals surface area contributed by atoms with E-state index in [0.29, 0.717) is 0 Å². The van der Waals surface area contributed by atoms with Gasteiger partial charge in [0.2, 0.25) is 0 Å². The number of hydrogen-bond acceptors (Lipinski definition) is 19. The fraction of sp³-hybridized carbons (Fsp3) is 0.533. The molecule has 0 aliphatic carbocycles. The largest absolute Gasteiger partial charge is 1.00 e. The van der Waals surface area contributed by atoms with Crippen molar-refractivity contribution in [2.24, 2.45) is 0 Å². The summed E-state index contributed by atoms with van der Waals surface area (Å²) in [5.41, 5.74) is 0. The van der Waals surface area contributed by atoms with Crippen LogP contribution in [0.1, 0.15) is 15.3 Å². The molecule has 2 aliphatic heterocycles. The van der Waals surface area contributed by atoms with Gasteiger partial charge in [0.05, 0.1) is 24.7 Å². The summed E-state index contributed by atoms with van der Waals surface area (Å²) >= 11 is -2.88. The first-order valence-electron chi connectivity index (χ1n) is 9.39. The Morgan fingerprint density at radius 1 is 0.830 bits per heavy atom. The summed E-state index contributed by atoms with van der Waals surface area (Å²) in [4.78, 5) is 31.3. The van der Waals surface area contributed by atoms with Crippen LogP contribution in [0.15, 0.2) is 24.8 Å². The Morgan fingerprint density at radius 3 is 1.04 bits per heavy atom. The Bertz CT molecular complexity index is 762. The molecule has 0 aromatic carbocycles. The van der Waals surface area contributed by atoms with Gasteiger partial charge in [-0.15, -0.1) is 0 Å². The topological polar surface area (TPSA) is 320 Å². The van der Waals surface area contributed by atoms with Gasteiger partial charge in [0.25, 0.3) is 12.9 Å². The van der Waals surface area contributed by atoms with Gasteiger partial charge in [-0.25, -0.2) is 4.21 Å². The number of halogens is 3. The molecular formula is C15H29BF3K6N5O15S2-2. The van der Waals surface area contributed by atoms with E-state index in [1.54, 1.807) is 0 Å².